The normalized spacial score (nSPS) is 25.3. The van der Waals surface area contributed by atoms with Gasteiger partial charge in [0, 0.05) is 13.1 Å². The van der Waals surface area contributed by atoms with Crippen molar-refractivity contribution in [3.8, 4) is 0 Å². The lowest BCUT2D eigenvalue weighted by molar-refractivity contribution is 0.579. The Hall–Kier alpha value is 0.390. The third-order valence-corrected chi connectivity index (χ3v) is 2.75. The Bertz CT molecular complexity index is 50.0. The minimum absolute atomic E-state index is 0.634. The molecule has 1 aliphatic heterocycles. The molecule has 1 saturated heterocycles. The van der Waals surface area contributed by atoms with E-state index in [1.807, 2.05) is 0 Å². The molecule has 0 aromatic carbocycles. The van der Waals surface area contributed by atoms with E-state index in [1.165, 1.54) is 25.9 Å². The number of nitrogens with zero attached hydrogens (tertiary/aromatic N) is 1. The first kappa shape index (κ1) is 5.53. The van der Waals surface area contributed by atoms with E-state index in [2.05, 4.69) is 11.3 Å². The standard InChI is InChI=1S/C5H12NP/c1-7-6-4-2-3-5-6/h7H,2-5H2,1H3/p+1. The monoisotopic (exact) mass is 118 g/mol. The lowest BCUT2D eigenvalue weighted by Crippen LogP contribution is -2.05. The Kier molecular flexibility index (Phi) is 2.08. The van der Waals surface area contributed by atoms with Crippen molar-refractivity contribution in [1.82, 2.24) is 4.67 Å². The Morgan fingerprint density at radius 2 is 1.86 bits per heavy atom. The molecular formula is C5H13NP+. The van der Waals surface area contributed by atoms with Crippen molar-refractivity contribution in [2.75, 3.05) is 19.8 Å². The van der Waals surface area contributed by atoms with Gasteiger partial charge in [-0.25, -0.2) is 0 Å². The van der Waals surface area contributed by atoms with Crippen LogP contribution in [0.4, 0.5) is 0 Å². The fourth-order valence-electron chi connectivity index (χ4n) is 1.000. The van der Waals surface area contributed by atoms with Crippen LogP contribution in [0, 0.1) is 0 Å². The van der Waals surface area contributed by atoms with Gasteiger partial charge in [-0.2, -0.15) is 4.67 Å². The summed E-state index contributed by atoms with van der Waals surface area (Å²) in [4.78, 5) is 0. The molecule has 0 saturated carbocycles. The molecule has 0 aromatic heterocycles. The second-order valence-corrected chi connectivity index (χ2v) is 3.25. The SMILES string of the molecule is C[PH2+]N1CCCC1. The van der Waals surface area contributed by atoms with E-state index in [4.69, 9.17) is 0 Å². The van der Waals surface area contributed by atoms with E-state index >= 15 is 0 Å². The van der Waals surface area contributed by atoms with Crippen LogP contribution in [0.1, 0.15) is 12.8 Å². The molecule has 0 amide bonds. The van der Waals surface area contributed by atoms with E-state index in [-0.39, 0.29) is 0 Å². The molecule has 1 rings (SSSR count). The van der Waals surface area contributed by atoms with Gasteiger partial charge in [-0.05, 0) is 12.8 Å². The lowest BCUT2D eigenvalue weighted by Gasteiger charge is -2.00. The molecule has 0 aromatic rings. The highest BCUT2D eigenvalue weighted by Gasteiger charge is 2.11. The zero-order valence-corrected chi connectivity index (χ0v) is 6.01. The largest absolute Gasteiger partial charge is 0.185 e. The first-order chi connectivity index (χ1) is 3.43. The van der Waals surface area contributed by atoms with E-state index in [0.29, 0.717) is 8.73 Å². The molecule has 0 aliphatic carbocycles. The minimum Gasteiger partial charge on any atom is -0.185 e. The van der Waals surface area contributed by atoms with Crippen molar-refractivity contribution in [1.29, 1.82) is 0 Å². The van der Waals surface area contributed by atoms with Crippen molar-refractivity contribution in [3.05, 3.63) is 0 Å². The summed E-state index contributed by atoms with van der Waals surface area (Å²) in [6.45, 7) is 5.07. The molecule has 7 heavy (non-hydrogen) atoms. The van der Waals surface area contributed by atoms with Gasteiger partial charge in [0.05, 0.1) is 15.4 Å². The van der Waals surface area contributed by atoms with Gasteiger partial charge in [-0.15, -0.1) is 0 Å². The van der Waals surface area contributed by atoms with Crippen molar-refractivity contribution in [2.24, 2.45) is 0 Å². The molecule has 0 bridgehead atoms. The summed E-state index contributed by atoms with van der Waals surface area (Å²) >= 11 is 0. The first-order valence-corrected chi connectivity index (χ1v) is 4.64. The first-order valence-electron chi connectivity index (χ1n) is 2.97. The van der Waals surface area contributed by atoms with Crippen LogP contribution >= 0.6 is 8.73 Å². The van der Waals surface area contributed by atoms with Gasteiger partial charge in [-0.1, -0.05) is 0 Å². The summed E-state index contributed by atoms with van der Waals surface area (Å²) < 4.78 is 2.57. The number of rotatable bonds is 1. The Morgan fingerprint density at radius 3 is 2.14 bits per heavy atom. The van der Waals surface area contributed by atoms with Crippen LogP contribution in [0.2, 0.25) is 0 Å². The van der Waals surface area contributed by atoms with Gasteiger partial charge in [0.25, 0.3) is 0 Å². The smallest absolute Gasteiger partial charge is 0.0603 e. The predicted molar refractivity (Wildman–Crippen MR) is 36.4 cm³/mol. The maximum absolute atomic E-state index is 2.57. The fourth-order valence-corrected chi connectivity index (χ4v) is 1.88. The highest BCUT2D eigenvalue weighted by atomic mass is 31.1. The molecule has 0 radical (unpaired) electrons. The van der Waals surface area contributed by atoms with Crippen molar-refractivity contribution in [3.63, 3.8) is 0 Å². The molecule has 2 heteroatoms. The predicted octanol–water partition coefficient (Wildman–Crippen LogP) is 1.04. The summed E-state index contributed by atoms with van der Waals surface area (Å²) in [5.74, 6) is 0. The Balaban J connectivity index is 2.14. The van der Waals surface area contributed by atoms with Gasteiger partial charge in [-0.3, -0.25) is 0 Å². The fraction of sp³-hybridized carbons (Fsp3) is 1.00. The van der Waals surface area contributed by atoms with Crippen LogP contribution in [0.3, 0.4) is 0 Å². The molecule has 42 valence electrons. The average molecular weight is 118 g/mol. The summed E-state index contributed by atoms with van der Waals surface area (Å²) in [5.41, 5.74) is 0. The topological polar surface area (TPSA) is 3.24 Å². The summed E-state index contributed by atoms with van der Waals surface area (Å²) in [7, 11) is 0.634. The number of hydrogen-bond donors (Lipinski definition) is 0. The summed E-state index contributed by atoms with van der Waals surface area (Å²) in [5, 5.41) is 0. The third kappa shape index (κ3) is 1.40. The lowest BCUT2D eigenvalue weighted by atomic mass is 10.4. The van der Waals surface area contributed by atoms with Crippen molar-refractivity contribution in [2.45, 2.75) is 12.8 Å². The van der Waals surface area contributed by atoms with E-state index < -0.39 is 0 Å². The van der Waals surface area contributed by atoms with Crippen LogP contribution < -0.4 is 0 Å². The zero-order valence-electron chi connectivity index (χ0n) is 4.85. The van der Waals surface area contributed by atoms with Crippen molar-refractivity contribution < 1.29 is 0 Å². The third-order valence-electron chi connectivity index (χ3n) is 1.51. The summed E-state index contributed by atoms with van der Waals surface area (Å²) in [6, 6.07) is 0. The van der Waals surface area contributed by atoms with Crippen LogP contribution in [0.5, 0.6) is 0 Å². The highest BCUT2D eigenvalue weighted by molar-refractivity contribution is 7.34. The molecule has 1 unspecified atom stereocenters. The minimum atomic E-state index is 0.634. The molecule has 1 atom stereocenters. The average Bonchev–Trinajstić information content (AvgIpc) is 2.14. The zero-order chi connectivity index (χ0) is 5.11. The van der Waals surface area contributed by atoms with Gasteiger partial charge >= 0.3 is 0 Å². The maximum Gasteiger partial charge on any atom is 0.0603 e. The Morgan fingerprint density at radius 1 is 1.29 bits per heavy atom. The molecule has 1 heterocycles. The molecule has 1 nitrogen and oxygen atoms in total. The molecule has 1 fully saturated rings. The maximum atomic E-state index is 2.57. The highest BCUT2D eigenvalue weighted by Crippen LogP contribution is 2.19. The quantitative estimate of drug-likeness (QED) is 0.465. The second-order valence-electron chi connectivity index (χ2n) is 2.00. The van der Waals surface area contributed by atoms with Crippen LogP contribution in [-0.4, -0.2) is 24.4 Å². The molecular weight excluding hydrogens is 105 g/mol. The van der Waals surface area contributed by atoms with Crippen LogP contribution in [-0.2, 0) is 0 Å². The van der Waals surface area contributed by atoms with Gasteiger partial charge < -0.3 is 0 Å². The molecule has 1 aliphatic rings. The van der Waals surface area contributed by atoms with Crippen LogP contribution in [0.25, 0.3) is 0 Å². The van der Waals surface area contributed by atoms with Crippen molar-refractivity contribution >= 4 is 8.73 Å². The second kappa shape index (κ2) is 2.64. The molecule has 0 spiro atoms. The van der Waals surface area contributed by atoms with E-state index in [0.717, 1.165) is 0 Å². The van der Waals surface area contributed by atoms with E-state index in [1.54, 1.807) is 0 Å². The van der Waals surface area contributed by atoms with E-state index in [9.17, 15) is 0 Å². The van der Waals surface area contributed by atoms with Gasteiger partial charge in [0.15, 0.2) is 0 Å². The van der Waals surface area contributed by atoms with Gasteiger partial charge in [0.2, 0.25) is 0 Å². The Labute approximate surface area is 46.9 Å². The number of hydrogen-bond acceptors (Lipinski definition) is 1. The summed E-state index contributed by atoms with van der Waals surface area (Å²) in [6.07, 6.45) is 2.89. The molecule has 0 N–H and O–H groups in total. The van der Waals surface area contributed by atoms with Crippen LogP contribution in [0.15, 0.2) is 0 Å². The van der Waals surface area contributed by atoms with Gasteiger partial charge in [0.1, 0.15) is 0 Å².